The molecule has 0 spiro atoms. The van der Waals surface area contributed by atoms with Gasteiger partial charge in [-0.2, -0.15) is 0 Å². The number of hydrogen-bond acceptors (Lipinski definition) is 4. The SMILES string of the molecule is Nc1ccnc(NCCN2CCCCCC2)c1. The van der Waals surface area contributed by atoms with Crippen LogP contribution in [0.3, 0.4) is 0 Å². The molecule has 1 aromatic rings. The van der Waals surface area contributed by atoms with Gasteiger partial charge in [0.15, 0.2) is 0 Å². The lowest BCUT2D eigenvalue weighted by Gasteiger charge is -2.19. The van der Waals surface area contributed by atoms with Crippen molar-refractivity contribution >= 4 is 11.5 Å². The Bertz CT molecular complexity index is 332. The molecular formula is C13H22N4. The smallest absolute Gasteiger partial charge is 0.127 e. The first kappa shape index (κ1) is 12.2. The molecule has 1 fully saturated rings. The van der Waals surface area contributed by atoms with Crippen LogP contribution in [0.25, 0.3) is 0 Å². The molecule has 3 N–H and O–H groups in total. The van der Waals surface area contributed by atoms with E-state index in [1.54, 1.807) is 12.3 Å². The van der Waals surface area contributed by atoms with Gasteiger partial charge >= 0.3 is 0 Å². The van der Waals surface area contributed by atoms with Crippen LogP contribution in [0.1, 0.15) is 25.7 Å². The van der Waals surface area contributed by atoms with Crippen molar-refractivity contribution in [2.24, 2.45) is 0 Å². The van der Waals surface area contributed by atoms with Crippen molar-refractivity contribution in [1.82, 2.24) is 9.88 Å². The van der Waals surface area contributed by atoms with E-state index >= 15 is 0 Å². The summed E-state index contributed by atoms with van der Waals surface area (Å²) in [6.07, 6.45) is 7.21. The van der Waals surface area contributed by atoms with Crippen molar-refractivity contribution in [2.75, 3.05) is 37.2 Å². The number of nitrogen functional groups attached to an aromatic ring is 1. The van der Waals surface area contributed by atoms with E-state index in [1.807, 2.05) is 6.07 Å². The molecular weight excluding hydrogens is 212 g/mol. The second-order valence-electron chi connectivity index (χ2n) is 4.66. The molecule has 17 heavy (non-hydrogen) atoms. The second-order valence-corrected chi connectivity index (χ2v) is 4.66. The molecule has 1 aliphatic heterocycles. The minimum atomic E-state index is 0.761. The summed E-state index contributed by atoms with van der Waals surface area (Å²) in [5.41, 5.74) is 6.46. The molecule has 2 heterocycles. The highest BCUT2D eigenvalue weighted by atomic mass is 15.1. The predicted octanol–water partition coefficient (Wildman–Crippen LogP) is 1.95. The summed E-state index contributed by atoms with van der Waals surface area (Å²) in [4.78, 5) is 6.77. The normalized spacial score (nSPS) is 17.6. The average molecular weight is 234 g/mol. The molecule has 0 unspecified atom stereocenters. The third-order valence-corrected chi connectivity index (χ3v) is 3.22. The Morgan fingerprint density at radius 2 is 2.00 bits per heavy atom. The minimum absolute atomic E-state index is 0.761. The molecule has 0 aliphatic carbocycles. The maximum absolute atomic E-state index is 5.70. The molecule has 0 aromatic carbocycles. The molecule has 0 saturated carbocycles. The second kappa shape index (κ2) is 6.45. The van der Waals surface area contributed by atoms with Crippen molar-refractivity contribution in [3.8, 4) is 0 Å². The van der Waals surface area contributed by atoms with Gasteiger partial charge in [0.2, 0.25) is 0 Å². The third kappa shape index (κ3) is 4.23. The molecule has 1 aromatic heterocycles. The van der Waals surface area contributed by atoms with E-state index in [4.69, 9.17) is 5.73 Å². The topological polar surface area (TPSA) is 54.2 Å². The van der Waals surface area contributed by atoms with Crippen LogP contribution in [-0.4, -0.2) is 36.1 Å². The highest BCUT2D eigenvalue weighted by molar-refractivity contribution is 5.48. The number of hydrogen-bond donors (Lipinski definition) is 2. The average Bonchev–Trinajstić information content (AvgIpc) is 2.58. The molecule has 0 radical (unpaired) electrons. The molecule has 2 rings (SSSR count). The number of anilines is 2. The molecule has 1 saturated heterocycles. The van der Waals surface area contributed by atoms with Crippen LogP contribution in [0.5, 0.6) is 0 Å². The molecule has 94 valence electrons. The molecule has 4 heteroatoms. The highest BCUT2D eigenvalue weighted by Gasteiger charge is 2.07. The van der Waals surface area contributed by atoms with Crippen LogP contribution >= 0.6 is 0 Å². The first-order chi connectivity index (χ1) is 8.34. The fourth-order valence-corrected chi connectivity index (χ4v) is 2.25. The standard InChI is InChI=1S/C13H22N4/c14-12-5-6-15-13(11-12)16-7-10-17-8-3-1-2-4-9-17/h5-6,11H,1-4,7-10H2,(H3,14,15,16). The van der Waals surface area contributed by atoms with Crippen molar-refractivity contribution in [1.29, 1.82) is 0 Å². The lowest BCUT2D eigenvalue weighted by atomic mass is 10.2. The molecule has 4 nitrogen and oxygen atoms in total. The fourth-order valence-electron chi connectivity index (χ4n) is 2.25. The van der Waals surface area contributed by atoms with Crippen LogP contribution in [0.15, 0.2) is 18.3 Å². The Morgan fingerprint density at radius 1 is 1.24 bits per heavy atom. The lowest BCUT2D eigenvalue weighted by Crippen LogP contribution is -2.30. The van der Waals surface area contributed by atoms with E-state index < -0.39 is 0 Å². The maximum Gasteiger partial charge on any atom is 0.127 e. The van der Waals surface area contributed by atoms with Gasteiger partial charge in [0.25, 0.3) is 0 Å². The Hall–Kier alpha value is -1.29. The zero-order valence-electron chi connectivity index (χ0n) is 10.4. The van der Waals surface area contributed by atoms with Crippen molar-refractivity contribution in [2.45, 2.75) is 25.7 Å². The Labute approximate surface area is 103 Å². The van der Waals surface area contributed by atoms with Gasteiger partial charge in [-0.05, 0) is 32.0 Å². The predicted molar refractivity (Wildman–Crippen MR) is 72.0 cm³/mol. The Kier molecular flexibility index (Phi) is 4.62. The molecule has 1 aliphatic rings. The number of nitrogens with zero attached hydrogens (tertiary/aromatic N) is 2. The van der Waals surface area contributed by atoms with E-state index in [2.05, 4.69) is 15.2 Å². The summed E-state index contributed by atoms with van der Waals surface area (Å²) < 4.78 is 0. The van der Waals surface area contributed by atoms with Crippen molar-refractivity contribution < 1.29 is 0 Å². The zero-order valence-corrected chi connectivity index (χ0v) is 10.4. The van der Waals surface area contributed by atoms with Gasteiger partial charge in [0, 0.05) is 31.0 Å². The largest absolute Gasteiger partial charge is 0.399 e. The van der Waals surface area contributed by atoms with Crippen LogP contribution in [0, 0.1) is 0 Å². The van der Waals surface area contributed by atoms with Gasteiger partial charge < -0.3 is 16.0 Å². The summed E-state index contributed by atoms with van der Waals surface area (Å²) in [5, 5.41) is 3.32. The van der Waals surface area contributed by atoms with Crippen LogP contribution in [-0.2, 0) is 0 Å². The summed E-state index contributed by atoms with van der Waals surface area (Å²) in [7, 11) is 0. The molecule has 0 atom stereocenters. The van der Waals surface area contributed by atoms with Gasteiger partial charge in [0.1, 0.15) is 5.82 Å². The van der Waals surface area contributed by atoms with E-state index in [1.165, 1.54) is 38.8 Å². The highest BCUT2D eigenvalue weighted by Crippen LogP contribution is 2.10. The van der Waals surface area contributed by atoms with Gasteiger partial charge in [-0.15, -0.1) is 0 Å². The number of nitrogens with one attached hydrogen (secondary N) is 1. The minimum Gasteiger partial charge on any atom is -0.399 e. The number of rotatable bonds is 4. The van der Waals surface area contributed by atoms with Crippen molar-refractivity contribution in [3.63, 3.8) is 0 Å². The van der Waals surface area contributed by atoms with Crippen LogP contribution in [0.2, 0.25) is 0 Å². The van der Waals surface area contributed by atoms with E-state index in [0.29, 0.717) is 0 Å². The maximum atomic E-state index is 5.70. The van der Waals surface area contributed by atoms with Crippen LogP contribution < -0.4 is 11.1 Å². The molecule has 0 bridgehead atoms. The van der Waals surface area contributed by atoms with Gasteiger partial charge in [-0.3, -0.25) is 0 Å². The Balaban J connectivity index is 1.71. The zero-order chi connectivity index (χ0) is 11.9. The third-order valence-electron chi connectivity index (χ3n) is 3.22. The van der Waals surface area contributed by atoms with Crippen LogP contribution in [0.4, 0.5) is 11.5 Å². The fraction of sp³-hybridized carbons (Fsp3) is 0.615. The summed E-state index contributed by atoms with van der Waals surface area (Å²) >= 11 is 0. The lowest BCUT2D eigenvalue weighted by molar-refractivity contribution is 0.296. The summed E-state index contributed by atoms with van der Waals surface area (Å²) in [6.45, 7) is 4.52. The number of nitrogens with two attached hydrogens (primary N) is 1. The van der Waals surface area contributed by atoms with Gasteiger partial charge in [0.05, 0.1) is 0 Å². The number of aromatic nitrogens is 1. The summed E-state index contributed by atoms with van der Waals surface area (Å²) in [5.74, 6) is 0.875. The first-order valence-electron chi connectivity index (χ1n) is 6.52. The number of likely N-dealkylation sites (tertiary alicyclic amines) is 1. The van der Waals surface area contributed by atoms with Gasteiger partial charge in [-0.1, -0.05) is 12.8 Å². The van der Waals surface area contributed by atoms with Crippen molar-refractivity contribution in [3.05, 3.63) is 18.3 Å². The van der Waals surface area contributed by atoms with Gasteiger partial charge in [-0.25, -0.2) is 4.98 Å². The quantitative estimate of drug-likeness (QED) is 0.836. The van der Waals surface area contributed by atoms with E-state index in [0.717, 1.165) is 24.6 Å². The summed E-state index contributed by atoms with van der Waals surface area (Å²) in [6, 6.07) is 3.68. The monoisotopic (exact) mass is 234 g/mol. The molecule has 0 amide bonds. The van der Waals surface area contributed by atoms with E-state index in [9.17, 15) is 0 Å². The number of pyridine rings is 1. The first-order valence-corrected chi connectivity index (χ1v) is 6.52. The van der Waals surface area contributed by atoms with E-state index in [-0.39, 0.29) is 0 Å². The Morgan fingerprint density at radius 3 is 2.71 bits per heavy atom.